The number of nitrogens with one attached hydrogen (secondary N) is 1. The highest BCUT2D eigenvalue weighted by molar-refractivity contribution is 6.07. The van der Waals surface area contributed by atoms with Crippen molar-refractivity contribution in [2.75, 3.05) is 19.0 Å². The lowest BCUT2D eigenvalue weighted by atomic mass is 10.0. The second kappa shape index (κ2) is 9.77. The van der Waals surface area contributed by atoms with Gasteiger partial charge in [-0.05, 0) is 50.7 Å². The summed E-state index contributed by atoms with van der Waals surface area (Å²) >= 11 is 0. The van der Waals surface area contributed by atoms with Crippen LogP contribution >= 0.6 is 0 Å². The summed E-state index contributed by atoms with van der Waals surface area (Å²) in [5.74, 6) is 1.00. The number of carbonyl (C=O) groups excluding carboxylic acids is 2. The molecule has 0 unspecified atom stereocenters. The molecule has 2 amide bonds. The van der Waals surface area contributed by atoms with Crippen molar-refractivity contribution >= 4 is 28.5 Å². The molecule has 1 aliphatic heterocycles. The van der Waals surface area contributed by atoms with E-state index in [0.717, 1.165) is 37.0 Å². The number of fused-ring (bicyclic) bond motifs is 1. The maximum absolute atomic E-state index is 13.7. The van der Waals surface area contributed by atoms with E-state index >= 15 is 0 Å². The quantitative estimate of drug-likeness (QED) is 0.545. The summed E-state index contributed by atoms with van der Waals surface area (Å²) in [6.45, 7) is 2.75. The smallest absolute Gasteiger partial charge is 0.256 e. The van der Waals surface area contributed by atoms with Gasteiger partial charge in [0, 0.05) is 32.8 Å². The van der Waals surface area contributed by atoms with Crippen LogP contribution in [0.3, 0.4) is 0 Å². The summed E-state index contributed by atoms with van der Waals surface area (Å²) in [5, 5.41) is 10.7. The molecule has 1 atom stereocenters. The van der Waals surface area contributed by atoms with Crippen molar-refractivity contribution in [1.82, 2.24) is 24.8 Å². The number of nitrogens with zero attached hydrogens (tertiary/aromatic N) is 5. The first-order valence-corrected chi connectivity index (χ1v) is 12.4. The molecular weight excluding hydrogens is 448 g/mol. The van der Waals surface area contributed by atoms with Gasteiger partial charge in [-0.15, -0.1) is 0 Å². The van der Waals surface area contributed by atoms with Crippen LogP contribution in [0.15, 0.2) is 16.8 Å². The van der Waals surface area contributed by atoms with Crippen LogP contribution < -0.4 is 5.32 Å². The van der Waals surface area contributed by atoms with Crippen LogP contribution in [0, 0.1) is 12.8 Å². The summed E-state index contributed by atoms with van der Waals surface area (Å²) in [7, 11) is 3.62. The van der Waals surface area contributed by atoms with E-state index in [9.17, 15) is 9.59 Å². The molecule has 2 fully saturated rings. The molecule has 1 aromatic carbocycles. The van der Waals surface area contributed by atoms with Crippen molar-refractivity contribution in [3.8, 4) is 0 Å². The third-order valence-corrected chi connectivity index (χ3v) is 7.16. The summed E-state index contributed by atoms with van der Waals surface area (Å²) in [6, 6.07) is 3.60. The van der Waals surface area contributed by atoms with Crippen molar-refractivity contribution in [3.63, 3.8) is 0 Å². The van der Waals surface area contributed by atoms with Crippen molar-refractivity contribution in [2.45, 2.75) is 64.5 Å². The van der Waals surface area contributed by atoms with Crippen molar-refractivity contribution in [3.05, 3.63) is 34.9 Å². The first-order valence-electron chi connectivity index (χ1n) is 12.4. The lowest BCUT2D eigenvalue weighted by Gasteiger charge is -2.18. The van der Waals surface area contributed by atoms with Gasteiger partial charge in [0.25, 0.3) is 5.91 Å². The van der Waals surface area contributed by atoms with Crippen LogP contribution in [-0.2, 0) is 23.1 Å². The van der Waals surface area contributed by atoms with E-state index in [0.29, 0.717) is 47.1 Å². The van der Waals surface area contributed by atoms with Gasteiger partial charge in [0.15, 0.2) is 0 Å². The van der Waals surface area contributed by atoms with Gasteiger partial charge in [0.1, 0.15) is 23.3 Å². The Morgan fingerprint density at radius 2 is 1.97 bits per heavy atom. The van der Waals surface area contributed by atoms with Gasteiger partial charge >= 0.3 is 0 Å². The van der Waals surface area contributed by atoms with Gasteiger partial charge < -0.3 is 19.5 Å². The highest BCUT2D eigenvalue weighted by Gasteiger charge is 2.27. The third kappa shape index (κ3) is 4.80. The summed E-state index contributed by atoms with van der Waals surface area (Å²) in [6.07, 6.45) is 6.86. The molecule has 35 heavy (non-hydrogen) atoms. The third-order valence-electron chi connectivity index (χ3n) is 7.16. The summed E-state index contributed by atoms with van der Waals surface area (Å²) in [5.41, 5.74) is 3.67. The van der Waals surface area contributed by atoms with Crippen molar-refractivity contribution in [2.24, 2.45) is 13.0 Å². The summed E-state index contributed by atoms with van der Waals surface area (Å²) < 4.78 is 12.6. The zero-order chi connectivity index (χ0) is 24.5. The van der Waals surface area contributed by atoms with Crippen LogP contribution in [-0.4, -0.2) is 50.2 Å². The number of benzene rings is 1. The molecule has 0 bridgehead atoms. The Labute approximate surface area is 204 Å². The minimum absolute atomic E-state index is 0.0254. The van der Waals surface area contributed by atoms with Crippen molar-refractivity contribution in [1.29, 1.82) is 0 Å². The number of amides is 2. The second-order valence-electron chi connectivity index (χ2n) is 9.78. The fraction of sp³-hybridized carbons (Fsp3) is 0.560. The predicted octanol–water partition coefficient (Wildman–Crippen LogP) is 3.91. The first-order chi connectivity index (χ1) is 16.9. The Bertz CT molecular complexity index is 1240. The van der Waals surface area contributed by atoms with Gasteiger partial charge in [-0.25, -0.2) is 9.61 Å². The lowest BCUT2D eigenvalue weighted by Crippen LogP contribution is -2.27. The van der Waals surface area contributed by atoms with Gasteiger partial charge in [0.05, 0.1) is 23.1 Å². The van der Waals surface area contributed by atoms with Crippen LogP contribution in [0.4, 0.5) is 5.69 Å². The number of carbonyl (C=O) groups is 2. The zero-order valence-electron chi connectivity index (χ0n) is 20.5. The monoisotopic (exact) mass is 480 g/mol. The fourth-order valence-electron chi connectivity index (χ4n) is 5.26. The lowest BCUT2D eigenvalue weighted by molar-refractivity contribution is -0.117. The SMILES string of the molecule is Cc1nonc1CN(C)C(=O)c1cc(NC(=O)CC2CCCC2)cc2nc([C@H]3CCCO3)n(C)c12. The largest absolute Gasteiger partial charge is 0.370 e. The molecule has 186 valence electrons. The minimum atomic E-state index is -0.203. The number of anilines is 1. The van der Waals surface area contributed by atoms with E-state index < -0.39 is 0 Å². The number of rotatable bonds is 7. The van der Waals surface area contributed by atoms with Gasteiger partial charge in [-0.2, -0.15) is 0 Å². The molecule has 10 nitrogen and oxygen atoms in total. The standard InChI is InChI=1S/C25H32N6O4/c1-15-20(29-35-28-15)14-30(2)25(33)18-12-17(26-22(32)11-16-7-4-5-8-16)13-19-23(18)31(3)24(27-19)21-9-6-10-34-21/h12-13,16,21H,4-11,14H2,1-3H3,(H,26,32)/t21-/m1/s1. The average Bonchev–Trinajstić information content (AvgIpc) is 3.63. The number of aromatic nitrogens is 4. The number of hydrogen-bond acceptors (Lipinski definition) is 7. The Morgan fingerprint density at radius 3 is 2.66 bits per heavy atom. The Morgan fingerprint density at radius 1 is 1.17 bits per heavy atom. The molecule has 1 saturated heterocycles. The van der Waals surface area contributed by atoms with Crippen LogP contribution in [0.25, 0.3) is 11.0 Å². The molecule has 0 spiro atoms. The number of imidazole rings is 1. The Balaban J connectivity index is 1.49. The highest BCUT2D eigenvalue weighted by Crippen LogP contribution is 2.33. The molecule has 1 aliphatic carbocycles. The summed E-state index contributed by atoms with van der Waals surface area (Å²) in [4.78, 5) is 32.8. The molecule has 0 radical (unpaired) electrons. The number of ether oxygens (including phenoxy) is 1. The first kappa shape index (κ1) is 23.5. The van der Waals surface area contributed by atoms with Crippen LogP contribution in [0.5, 0.6) is 0 Å². The van der Waals surface area contributed by atoms with E-state index in [1.807, 2.05) is 17.7 Å². The van der Waals surface area contributed by atoms with Gasteiger partial charge in [-0.3, -0.25) is 9.59 Å². The fourth-order valence-corrected chi connectivity index (χ4v) is 5.26. The number of hydrogen-bond donors (Lipinski definition) is 1. The molecule has 3 heterocycles. The van der Waals surface area contributed by atoms with Crippen molar-refractivity contribution < 1.29 is 19.0 Å². The minimum Gasteiger partial charge on any atom is -0.370 e. The zero-order valence-corrected chi connectivity index (χ0v) is 20.5. The molecule has 3 aromatic rings. The maximum atomic E-state index is 13.7. The Kier molecular flexibility index (Phi) is 6.55. The molecule has 5 rings (SSSR count). The van der Waals surface area contributed by atoms with E-state index in [1.54, 1.807) is 24.9 Å². The Hall–Kier alpha value is -3.27. The van der Waals surface area contributed by atoms with E-state index in [-0.39, 0.29) is 24.5 Å². The van der Waals surface area contributed by atoms with Gasteiger partial charge in [-0.1, -0.05) is 23.2 Å². The molecule has 10 heteroatoms. The maximum Gasteiger partial charge on any atom is 0.256 e. The second-order valence-corrected chi connectivity index (χ2v) is 9.78. The number of aryl methyl sites for hydroxylation is 2. The topological polar surface area (TPSA) is 115 Å². The molecule has 1 N–H and O–H groups in total. The molecule has 2 aliphatic rings. The predicted molar refractivity (Wildman–Crippen MR) is 129 cm³/mol. The van der Waals surface area contributed by atoms with E-state index in [1.165, 1.54) is 12.8 Å². The van der Waals surface area contributed by atoms with Crippen LogP contribution in [0.1, 0.15) is 78.6 Å². The molecular formula is C25H32N6O4. The average molecular weight is 481 g/mol. The van der Waals surface area contributed by atoms with Gasteiger partial charge in [0.2, 0.25) is 5.91 Å². The van der Waals surface area contributed by atoms with E-state index in [4.69, 9.17) is 14.3 Å². The highest BCUT2D eigenvalue weighted by atomic mass is 16.6. The normalized spacial score (nSPS) is 18.4. The molecule has 1 saturated carbocycles. The molecule has 2 aromatic heterocycles. The van der Waals surface area contributed by atoms with Crippen LogP contribution in [0.2, 0.25) is 0 Å². The van der Waals surface area contributed by atoms with E-state index in [2.05, 4.69) is 15.6 Å².